The van der Waals surface area contributed by atoms with Gasteiger partial charge in [0.2, 0.25) is 0 Å². The Labute approximate surface area is 67.7 Å². The van der Waals surface area contributed by atoms with E-state index in [1.807, 2.05) is 6.92 Å². The van der Waals surface area contributed by atoms with Crippen LogP contribution in [0.25, 0.3) is 0 Å². The molecule has 0 bridgehead atoms. The van der Waals surface area contributed by atoms with Gasteiger partial charge in [-0.3, -0.25) is 0 Å². The first-order valence-corrected chi connectivity index (χ1v) is 4.04. The van der Waals surface area contributed by atoms with E-state index in [1.54, 1.807) is 0 Å². The molecule has 1 unspecified atom stereocenters. The van der Waals surface area contributed by atoms with Crippen molar-refractivity contribution < 1.29 is 4.74 Å². The summed E-state index contributed by atoms with van der Waals surface area (Å²) in [4.78, 5) is 0.476. The van der Waals surface area contributed by atoms with Gasteiger partial charge in [-0.2, -0.15) is 0 Å². The van der Waals surface area contributed by atoms with Crippen molar-refractivity contribution in [1.29, 1.82) is 0 Å². The van der Waals surface area contributed by atoms with Crippen molar-refractivity contribution in [2.75, 3.05) is 6.61 Å². The molecular weight excluding hydrogens is 146 g/mol. The highest BCUT2D eigenvalue weighted by Gasteiger charge is 2.08. The van der Waals surface area contributed by atoms with Crippen LogP contribution in [0.5, 0.6) is 0 Å². The molecule has 0 aromatic carbocycles. The third-order valence-electron chi connectivity index (χ3n) is 1.24. The van der Waals surface area contributed by atoms with Crippen molar-refractivity contribution in [2.45, 2.75) is 32.8 Å². The molecule has 0 rings (SSSR count). The molecule has 0 radical (unpaired) electrons. The highest BCUT2D eigenvalue weighted by atomic mass is 32.1. The van der Waals surface area contributed by atoms with Gasteiger partial charge in [0.05, 0.1) is 0 Å². The quantitative estimate of drug-likeness (QED) is 0.620. The van der Waals surface area contributed by atoms with E-state index < -0.39 is 0 Å². The molecule has 1 atom stereocenters. The molecule has 0 heterocycles. The maximum Gasteiger partial charge on any atom is 0.107 e. The zero-order valence-corrected chi connectivity index (χ0v) is 7.41. The summed E-state index contributed by atoms with van der Waals surface area (Å²) in [6.07, 6.45) is 1.98. The summed E-state index contributed by atoms with van der Waals surface area (Å²) in [5.74, 6) is 0. The molecule has 10 heavy (non-hydrogen) atoms. The molecule has 60 valence electrons. The minimum Gasteiger partial charge on any atom is -0.391 e. The van der Waals surface area contributed by atoms with Crippen LogP contribution in [0.4, 0.5) is 0 Å². The highest BCUT2D eigenvalue weighted by molar-refractivity contribution is 7.80. The first kappa shape index (κ1) is 9.85. The van der Waals surface area contributed by atoms with Gasteiger partial charge in [-0.25, -0.2) is 0 Å². The van der Waals surface area contributed by atoms with Crippen LogP contribution in [0.15, 0.2) is 0 Å². The molecule has 2 N–H and O–H groups in total. The second-order valence-corrected chi connectivity index (χ2v) is 2.61. The van der Waals surface area contributed by atoms with Crippen LogP contribution in [0.1, 0.15) is 26.7 Å². The Hall–Kier alpha value is -0.150. The van der Waals surface area contributed by atoms with Crippen LogP contribution in [0.3, 0.4) is 0 Å². The summed E-state index contributed by atoms with van der Waals surface area (Å²) in [7, 11) is 0. The lowest BCUT2D eigenvalue weighted by Crippen LogP contribution is -2.29. The molecule has 3 heteroatoms. The zero-order chi connectivity index (χ0) is 7.98. The first-order valence-electron chi connectivity index (χ1n) is 3.63. The van der Waals surface area contributed by atoms with Gasteiger partial charge in [-0.05, 0) is 13.3 Å². The van der Waals surface area contributed by atoms with Crippen LogP contribution in [-0.2, 0) is 4.74 Å². The predicted octanol–water partition coefficient (Wildman–Crippen LogP) is 1.48. The highest BCUT2D eigenvalue weighted by Crippen LogP contribution is 2.01. The smallest absolute Gasteiger partial charge is 0.107 e. The summed E-state index contributed by atoms with van der Waals surface area (Å²) in [5, 5.41) is 0. The standard InChI is InChI=1S/C7H15NOS/c1-3-5-6(7(8)10)9-4-2/h6H,3-5H2,1-2H3,(H2,8,10). The van der Waals surface area contributed by atoms with Gasteiger partial charge in [0.25, 0.3) is 0 Å². The van der Waals surface area contributed by atoms with Crippen molar-refractivity contribution in [2.24, 2.45) is 5.73 Å². The van der Waals surface area contributed by atoms with Crippen LogP contribution in [-0.4, -0.2) is 17.7 Å². The Morgan fingerprint density at radius 2 is 2.20 bits per heavy atom. The second-order valence-electron chi connectivity index (χ2n) is 2.14. The topological polar surface area (TPSA) is 35.2 Å². The maximum atomic E-state index is 5.42. The SMILES string of the molecule is CCCC(OCC)C(N)=S. The molecule has 0 aliphatic rings. The number of thiocarbonyl (C=S) groups is 1. The van der Waals surface area contributed by atoms with Gasteiger partial charge < -0.3 is 10.5 Å². The van der Waals surface area contributed by atoms with E-state index in [0.29, 0.717) is 11.6 Å². The summed E-state index contributed by atoms with van der Waals surface area (Å²) in [6.45, 7) is 4.72. The van der Waals surface area contributed by atoms with Crippen LogP contribution in [0, 0.1) is 0 Å². The Balaban J connectivity index is 3.61. The molecule has 0 aliphatic carbocycles. The van der Waals surface area contributed by atoms with Crippen molar-refractivity contribution in [3.63, 3.8) is 0 Å². The second kappa shape index (κ2) is 5.62. The van der Waals surface area contributed by atoms with Gasteiger partial charge in [0.1, 0.15) is 11.1 Å². The minimum absolute atomic E-state index is 0.00926. The fourth-order valence-corrected chi connectivity index (χ4v) is 0.957. The molecule has 0 aromatic rings. The Kier molecular flexibility index (Phi) is 5.54. The number of ether oxygens (including phenoxy) is 1. The van der Waals surface area contributed by atoms with E-state index in [-0.39, 0.29) is 6.10 Å². The van der Waals surface area contributed by atoms with E-state index >= 15 is 0 Å². The maximum absolute atomic E-state index is 5.42. The molecule has 0 aliphatic heterocycles. The van der Waals surface area contributed by atoms with Crippen molar-refractivity contribution in [3.05, 3.63) is 0 Å². The Morgan fingerprint density at radius 3 is 2.50 bits per heavy atom. The normalized spacial score (nSPS) is 13.0. The monoisotopic (exact) mass is 161 g/mol. The number of nitrogens with two attached hydrogens (primary N) is 1. The lowest BCUT2D eigenvalue weighted by molar-refractivity contribution is 0.104. The molecule has 0 fully saturated rings. The van der Waals surface area contributed by atoms with Crippen molar-refractivity contribution in [1.82, 2.24) is 0 Å². The van der Waals surface area contributed by atoms with Gasteiger partial charge >= 0.3 is 0 Å². The van der Waals surface area contributed by atoms with Gasteiger partial charge in [0.15, 0.2) is 0 Å². The molecule has 0 saturated heterocycles. The molecule has 0 amide bonds. The molecule has 0 aromatic heterocycles. The Bertz CT molecular complexity index is 99.8. The van der Waals surface area contributed by atoms with E-state index in [4.69, 9.17) is 22.7 Å². The van der Waals surface area contributed by atoms with Gasteiger partial charge in [-0.15, -0.1) is 0 Å². The van der Waals surface area contributed by atoms with E-state index in [1.165, 1.54) is 0 Å². The van der Waals surface area contributed by atoms with Crippen molar-refractivity contribution in [3.8, 4) is 0 Å². The average molecular weight is 161 g/mol. The number of hydrogen-bond donors (Lipinski definition) is 1. The molecular formula is C7H15NOS. The fourth-order valence-electron chi connectivity index (χ4n) is 0.771. The molecule has 2 nitrogen and oxygen atoms in total. The Morgan fingerprint density at radius 1 is 1.60 bits per heavy atom. The summed E-state index contributed by atoms with van der Waals surface area (Å²) in [6, 6.07) is 0. The largest absolute Gasteiger partial charge is 0.391 e. The van der Waals surface area contributed by atoms with Crippen LogP contribution in [0.2, 0.25) is 0 Å². The third-order valence-corrected chi connectivity index (χ3v) is 1.50. The summed E-state index contributed by atoms with van der Waals surface area (Å²) < 4.78 is 5.28. The van der Waals surface area contributed by atoms with Crippen molar-refractivity contribution >= 4 is 17.2 Å². The predicted molar refractivity (Wildman–Crippen MR) is 47.1 cm³/mol. The van der Waals surface area contributed by atoms with Gasteiger partial charge in [0, 0.05) is 6.61 Å². The molecule has 0 saturated carbocycles. The first-order chi connectivity index (χ1) is 4.72. The number of rotatable bonds is 5. The average Bonchev–Trinajstić information content (AvgIpc) is 1.87. The third kappa shape index (κ3) is 3.80. The van der Waals surface area contributed by atoms with Gasteiger partial charge in [-0.1, -0.05) is 25.6 Å². The lowest BCUT2D eigenvalue weighted by Gasteiger charge is -2.13. The van der Waals surface area contributed by atoms with E-state index in [2.05, 4.69) is 6.92 Å². The molecule has 0 spiro atoms. The van der Waals surface area contributed by atoms with E-state index in [0.717, 1.165) is 12.8 Å². The summed E-state index contributed by atoms with van der Waals surface area (Å²) >= 11 is 4.80. The van der Waals surface area contributed by atoms with Crippen LogP contribution < -0.4 is 5.73 Å². The fraction of sp³-hybridized carbons (Fsp3) is 0.857. The van der Waals surface area contributed by atoms with Crippen LogP contribution >= 0.6 is 12.2 Å². The zero-order valence-electron chi connectivity index (χ0n) is 6.59. The minimum atomic E-state index is -0.00926. The lowest BCUT2D eigenvalue weighted by atomic mass is 10.2. The number of hydrogen-bond acceptors (Lipinski definition) is 2. The van der Waals surface area contributed by atoms with E-state index in [9.17, 15) is 0 Å². The summed E-state index contributed by atoms with van der Waals surface area (Å²) in [5.41, 5.74) is 5.42.